The van der Waals surface area contributed by atoms with Gasteiger partial charge in [-0.3, -0.25) is 4.99 Å². The van der Waals surface area contributed by atoms with Gasteiger partial charge in [0, 0.05) is 24.1 Å². The highest BCUT2D eigenvalue weighted by molar-refractivity contribution is 9.10. The summed E-state index contributed by atoms with van der Waals surface area (Å²) in [5.41, 5.74) is 0. The molecule has 0 fully saturated rings. The first-order valence-corrected chi connectivity index (χ1v) is 9.44. The van der Waals surface area contributed by atoms with Crippen LogP contribution >= 0.6 is 15.9 Å². The molecule has 0 aromatic heterocycles. The molecular weight excluding hydrogens is 354 g/mol. The van der Waals surface area contributed by atoms with Crippen molar-refractivity contribution in [1.29, 1.82) is 0 Å². The summed E-state index contributed by atoms with van der Waals surface area (Å²) >= 11 is 3.29. The van der Waals surface area contributed by atoms with Gasteiger partial charge in [0.2, 0.25) is 0 Å². The van der Waals surface area contributed by atoms with E-state index in [0.717, 1.165) is 24.0 Å². The Kier molecular flexibility index (Phi) is 7.74. The van der Waals surface area contributed by atoms with Crippen LogP contribution in [0.5, 0.6) is 0 Å². The van der Waals surface area contributed by atoms with E-state index >= 15 is 0 Å². The van der Waals surface area contributed by atoms with Gasteiger partial charge < -0.3 is 10.6 Å². The van der Waals surface area contributed by atoms with Gasteiger partial charge in [0.15, 0.2) is 15.8 Å². The van der Waals surface area contributed by atoms with Crippen molar-refractivity contribution >= 4 is 31.7 Å². The minimum Gasteiger partial charge on any atom is -0.357 e. The molecule has 1 aromatic rings. The fourth-order valence-electron chi connectivity index (χ4n) is 1.63. The van der Waals surface area contributed by atoms with Crippen molar-refractivity contribution in [3.8, 4) is 0 Å². The average Bonchev–Trinajstić information content (AvgIpc) is 2.45. The third-order valence-electron chi connectivity index (χ3n) is 2.67. The van der Waals surface area contributed by atoms with Gasteiger partial charge in [0.25, 0.3) is 0 Å². The summed E-state index contributed by atoms with van der Waals surface area (Å²) in [6.45, 7) is 5.81. The molecule has 1 rings (SSSR count). The molecule has 7 heteroatoms. The highest BCUT2D eigenvalue weighted by Gasteiger charge is 2.14. The van der Waals surface area contributed by atoms with E-state index in [1.807, 2.05) is 13.8 Å². The van der Waals surface area contributed by atoms with Crippen molar-refractivity contribution in [3.05, 3.63) is 28.7 Å². The van der Waals surface area contributed by atoms with Crippen LogP contribution in [-0.4, -0.2) is 39.8 Å². The third-order valence-corrected chi connectivity index (χ3v) is 4.93. The number of rotatable bonds is 7. The molecule has 0 aliphatic rings. The molecule has 0 atom stereocenters. The van der Waals surface area contributed by atoms with E-state index in [1.54, 1.807) is 24.3 Å². The summed E-state index contributed by atoms with van der Waals surface area (Å²) in [5, 5.41) is 6.13. The first-order chi connectivity index (χ1) is 9.99. The van der Waals surface area contributed by atoms with E-state index in [1.165, 1.54) is 0 Å². The van der Waals surface area contributed by atoms with Crippen molar-refractivity contribution in [2.45, 2.75) is 25.2 Å². The van der Waals surface area contributed by atoms with Crippen molar-refractivity contribution in [1.82, 2.24) is 10.6 Å². The van der Waals surface area contributed by atoms with E-state index in [-0.39, 0.29) is 5.75 Å². The number of hydrogen-bond acceptors (Lipinski definition) is 3. The molecule has 0 radical (unpaired) electrons. The lowest BCUT2D eigenvalue weighted by atomic mass is 10.4. The summed E-state index contributed by atoms with van der Waals surface area (Å²) in [5.74, 6) is 0.691. The molecule has 5 nitrogen and oxygen atoms in total. The summed E-state index contributed by atoms with van der Waals surface area (Å²) < 4.78 is 25.2. The normalized spacial score (nSPS) is 12.2. The van der Waals surface area contributed by atoms with Crippen LogP contribution < -0.4 is 10.6 Å². The zero-order valence-electron chi connectivity index (χ0n) is 12.4. The highest BCUT2D eigenvalue weighted by atomic mass is 79.9. The molecule has 0 heterocycles. The van der Waals surface area contributed by atoms with Gasteiger partial charge in [-0.25, -0.2) is 8.42 Å². The zero-order chi connectivity index (χ0) is 15.7. The molecule has 0 bridgehead atoms. The van der Waals surface area contributed by atoms with Crippen molar-refractivity contribution in [2.75, 3.05) is 25.4 Å². The van der Waals surface area contributed by atoms with Gasteiger partial charge in [0.1, 0.15) is 0 Å². The molecule has 0 saturated heterocycles. The fourth-order valence-corrected chi connectivity index (χ4v) is 3.05. The molecule has 118 valence electrons. The second-order valence-corrected chi connectivity index (χ2v) is 7.49. The Bertz CT molecular complexity index is 556. The number of halogens is 1. The molecule has 1 aromatic carbocycles. The van der Waals surface area contributed by atoms with Crippen LogP contribution in [0.25, 0.3) is 0 Å². The number of nitrogens with zero attached hydrogens (tertiary/aromatic N) is 1. The predicted octanol–water partition coefficient (Wildman–Crippen LogP) is 2.19. The minimum atomic E-state index is -3.27. The molecule has 0 aliphatic heterocycles. The lowest BCUT2D eigenvalue weighted by molar-refractivity contribution is 0.594. The maximum atomic E-state index is 12.2. The van der Waals surface area contributed by atoms with Crippen LogP contribution in [-0.2, 0) is 9.84 Å². The predicted molar refractivity (Wildman–Crippen MR) is 90.5 cm³/mol. The van der Waals surface area contributed by atoms with Crippen molar-refractivity contribution in [2.24, 2.45) is 4.99 Å². The van der Waals surface area contributed by atoms with Gasteiger partial charge in [-0.05, 0) is 37.6 Å². The summed E-state index contributed by atoms with van der Waals surface area (Å²) in [7, 11) is -3.27. The highest BCUT2D eigenvalue weighted by Crippen LogP contribution is 2.15. The lowest BCUT2D eigenvalue weighted by Gasteiger charge is -2.11. The maximum absolute atomic E-state index is 12.2. The third kappa shape index (κ3) is 6.48. The zero-order valence-corrected chi connectivity index (χ0v) is 14.8. The second kappa shape index (κ2) is 9.04. The Balaban J connectivity index is 2.58. The van der Waals surface area contributed by atoms with Gasteiger partial charge in [-0.1, -0.05) is 22.9 Å². The molecular formula is C14H22BrN3O2S. The van der Waals surface area contributed by atoms with Crippen molar-refractivity contribution < 1.29 is 8.42 Å². The smallest absolute Gasteiger partial charge is 0.191 e. The molecule has 0 aliphatic carbocycles. The molecule has 0 saturated carbocycles. The topological polar surface area (TPSA) is 70.6 Å². The van der Waals surface area contributed by atoms with E-state index in [4.69, 9.17) is 0 Å². The maximum Gasteiger partial charge on any atom is 0.191 e. The Hall–Kier alpha value is -1.08. The number of hydrogen-bond donors (Lipinski definition) is 2. The number of nitrogens with one attached hydrogen (secondary N) is 2. The molecule has 0 spiro atoms. The van der Waals surface area contributed by atoms with Gasteiger partial charge in [0.05, 0.1) is 10.6 Å². The second-order valence-electron chi connectivity index (χ2n) is 4.46. The van der Waals surface area contributed by atoms with Crippen LogP contribution in [0.2, 0.25) is 0 Å². The fraction of sp³-hybridized carbons (Fsp3) is 0.500. The van der Waals surface area contributed by atoms with Crippen molar-refractivity contribution in [3.63, 3.8) is 0 Å². The van der Waals surface area contributed by atoms with Crippen LogP contribution in [0.1, 0.15) is 20.3 Å². The Morgan fingerprint density at radius 1 is 1.19 bits per heavy atom. The van der Waals surface area contributed by atoms with Crippen LogP contribution in [0.3, 0.4) is 0 Å². The van der Waals surface area contributed by atoms with Gasteiger partial charge in [-0.15, -0.1) is 0 Å². The molecule has 2 N–H and O–H groups in total. The lowest BCUT2D eigenvalue weighted by Crippen LogP contribution is -2.39. The van der Waals surface area contributed by atoms with Crippen LogP contribution in [0.4, 0.5) is 0 Å². The number of guanidine groups is 1. The summed E-state index contributed by atoms with van der Waals surface area (Å²) in [6.07, 6.45) is 0.952. The SMILES string of the molecule is CCCN=C(NCC)NCCS(=O)(=O)c1ccc(Br)cc1. The molecule has 0 unspecified atom stereocenters. The summed E-state index contributed by atoms with van der Waals surface area (Å²) in [4.78, 5) is 4.67. The number of aliphatic imine (C=N–C) groups is 1. The Morgan fingerprint density at radius 3 is 2.43 bits per heavy atom. The first kappa shape index (κ1) is 18.0. The van der Waals surface area contributed by atoms with Gasteiger partial charge in [-0.2, -0.15) is 0 Å². The van der Waals surface area contributed by atoms with E-state index in [2.05, 4.69) is 31.6 Å². The molecule has 21 heavy (non-hydrogen) atoms. The monoisotopic (exact) mass is 375 g/mol. The largest absolute Gasteiger partial charge is 0.357 e. The first-order valence-electron chi connectivity index (χ1n) is 7.00. The van der Waals surface area contributed by atoms with E-state index in [9.17, 15) is 8.42 Å². The van der Waals surface area contributed by atoms with E-state index in [0.29, 0.717) is 17.4 Å². The summed E-state index contributed by atoms with van der Waals surface area (Å²) in [6, 6.07) is 6.67. The quantitative estimate of drug-likeness (QED) is 0.565. The van der Waals surface area contributed by atoms with Crippen LogP contribution in [0.15, 0.2) is 38.6 Å². The number of benzene rings is 1. The van der Waals surface area contributed by atoms with E-state index < -0.39 is 9.84 Å². The number of sulfone groups is 1. The average molecular weight is 376 g/mol. The van der Waals surface area contributed by atoms with Crippen LogP contribution in [0, 0.1) is 0 Å². The Labute approximate surface area is 135 Å². The molecule has 0 amide bonds. The minimum absolute atomic E-state index is 0.0329. The standard InChI is InChI=1S/C14H22BrN3O2S/c1-3-9-17-14(16-4-2)18-10-11-21(19,20)13-7-5-12(15)6-8-13/h5-8H,3-4,9-11H2,1-2H3,(H2,16,17,18). The van der Waals surface area contributed by atoms with Gasteiger partial charge >= 0.3 is 0 Å². The Morgan fingerprint density at radius 2 is 1.86 bits per heavy atom.